The molecule has 7 rings (SSSR count). The SMILES string of the molecule is Cn1c(=O)n(C)c2c(-c3cccc(-c4cccc(-c5cc(-c6ccccc6)nc(-c6ccccc6)n5)c4)c3)cccc21. The van der Waals surface area contributed by atoms with Crippen LogP contribution in [0.5, 0.6) is 0 Å². The zero-order valence-electron chi connectivity index (χ0n) is 23.4. The summed E-state index contributed by atoms with van der Waals surface area (Å²) in [5.74, 6) is 0.695. The molecular weight excluding hydrogens is 516 g/mol. The molecule has 0 spiro atoms. The fourth-order valence-electron chi connectivity index (χ4n) is 5.60. The highest BCUT2D eigenvalue weighted by Gasteiger charge is 2.14. The molecule has 7 aromatic rings. The van der Waals surface area contributed by atoms with Gasteiger partial charge in [0.2, 0.25) is 0 Å². The lowest BCUT2D eigenvalue weighted by molar-refractivity contribution is 0.795. The summed E-state index contributed by atoms with van der Waals surface area (Å²) in [5, 5.41) is 0. The number of nitrogens with zero attached hydrogens (tertiary/aromatic N) is 4. The fraction of sp³-hybridized carbons (Fsp3) is 0.0541. The zero-order chi connectivity index (χ0) is 28.6. The maximum atomic E-state index is 12.7. The molecule has 0 fully saturated rings. The molecule has 2 aromatic heterocycles. The van der Waals surface area contributed by atoms with Crippen LogP contribution in [0.2, 0.25) is 0 Å². The Morgan fingerprint density at radius 3 is 1.69 bits per heavy atom. The summed E-state index contributed by atoms with van der Waals surface area (Å²) in [7, 11) is 3.65. The highest BCUT2D eigenvalue weighted by molar-refractivity contribution is 5.93. The van der Waals surface area contributed by atoms with Crippen molar-refractivity contribution in [1.29, 1.82) is 0 Å². The van der Waals surface area contributed by atoms with Gasteiger partial charge in [0.1, 0.15) is 0 Å². The average Bonchev–Trinajstić information content (AvgIpc) is 3.29. The Bertz CT molecular complexity index is 2070. The van der Waals surface area contributed by atoms with E-state index in [1.807, 2.05) is 74.8 Å². The van der Waals surface area contributed by atoms with Crippen LogP contribution in [0, 0.1) is 0 Å². The van der Waals surface area contributed by atoms with Gasteiger partial charge >= 0.3 is 5.69 Å². The molecular formula is C37H28N4O. The highest BCUT2D eigenvalue weighted by Crippen LogP contribution is 2.33. The van der Waals surface area contributed by atoms with Gasteiger partial charge in [0.05, 0.1) is 22.4 Å². The summed E-state index contributed by atoms with van der Waals surface area (Å²) >= 11 is 0. The number of rotatable bonds is 5. The molecule has 5 heteroatoms. The van der Waals surface area contributed by atoms with Crippen LogP contribution in [0.4, 0.5) is 0 Å². The van der Waals surface area contributed by atoms with Crippen LogP contribution in [-0.2, 0) is 14.1 Å². The lowest BCUT2D eigenvalue weighted by Gasteiger charge is -2.11. The molecule has 0 atom stereocenters. The van der Waals surface area contributed by atoms with E-state index >= 15 is 0 Å². The van der Waals surface area contributed by atoms with Crippen LogP contribution in [0.3, 0.4) is 0 Å². The molecule has 0 bridgehead atoms. The summed E-state index contributed by atoms with van der Waals surface area (Å²) in [6.07, 6.45) is 0. The molecule has 5 aromatic carbocycles. The first kappa shape index (κ1) is 25.4. The van der Waals surface area contributed by atoms with E-state index in [-0.39, 0.29) is 5.69 Å². The van der Waals surface area contributed by atoms with Crippen LogP contribution in [0.15, 0.2) is 138 Å². The lowest BCUT2D eigenvalue weighted by atomic mass is 9.96. The van der Waals surface area contributed by atoms with Gasteiger partial charge in [-0.05, 0) is 41.0 Å². The molecule has 5 nitrogen and oxygen atoms in total. The third-order valence-corrected chi connectivity index (χ3v) is 7.78. The van der Waals surface area contributed by atoms with Crippen molar-refractivity contribution in [1.82, 2.24) is 19.1 Å². The Morgan fingerprint density at radius 2 is 1.00 bits per heavy atom. The first-order chi connectivity index (χ1) is 20.6. The van der Waals surface area contributed by atoms with Crippen molar-refractivity contribution in [2.45, 2.75) is 0 Å². The van der Waals surface area contributed by atoms with Crippen LogP contribution in [0.25, 0.3) is 67.2 Å². The standard InChI is InChI=1S/C37H28N4O/c1-40-34-21-11-20-31(35(34)41(2)37(40)42)29-18-9-16-27(22-29)28-17-10-19-30(23-28)33-24-32(25-12-5-3-6-13-25)38-36(39-33)26-14-7-4-8-15-26/h3-24H,1-2H3. The van der Waals surface area contributed by atoms with E-state index in [2.05, 4.69) is 72.8 Å². The van der Waals surface area contributed by atoms with Gasteiger partial charge in [0, 0.05) is 36.3 Å². The number of benzene rings is 5. The number of aryl methyl sites for hydroxylation is 2. The predicted molar refractivity (Wildman–Crippen MR) is 171 cm³/mol. The maximum Gasteiger partial charge on any atom is 0.328 e. The van der Waals surface area contributed by atoms with Crippen molar-refractivity contribution in [2.24, 2.45) is 14.1 Å². The second-order valence-corrected chi connectivity index (χ2v) is 10.4. The van der Waals surface area contributed by atoms with Gasteiger partial charge in [0.15, 0.2) is 5.82 Å². The molecule has 0 saturated carbocycles. The smallest absolute Gasteiger partial charge is 0.295 e. The lowest BCUT2D eigenvalue weighted by Crippen LogP contribution is -2.19. The van der Waals surface area contributed by atoms with Crippen molar-refractivity contribution in [3.8, 4) is 56.2 Å². The number of hydrogen-bond acceptors (Lipinski definition) is 3. The van der Waals surface area contributed by atoms with Crippen molar-refractivity contribution in [2.75, 3.05) is 0 Å². The van der Waals surface area contributed by atoms with Crippen molar-refractivity contribution < 1.29 is 0 Å². The van der Waals surface area contributed by atoms with E-state index in [1.165, 1.54) is 0 Å². The second-order valence-electron chi connectivity index (χ2n) is 10.4. The molecule has 42 heavy (non-hydrogen) atoms. The van der Waals surface area contributed by atoms with Gasteiger partial charge < -0.3 is 0 Å². The van der Waals surface area contributed by atoms with Gasteiger partial charge in [-0.1, -0.05) is 109 Å². The monoisotopic (exact) mass is 544 g/mol. The predicted octanol–water partition coefficient (Wildman–Crippen LogP) is 8.00. The number of aromatic nitrogens is 4. The number of para-hydroxylation sites is 1. The highest BCUT2D eigenvalue weighted by atomic mass is 16.1. The number of imidazole rings is 1. The van der Waals surface area contributed by atoms with Crippen LogP contribution in [0.1, 0.15) is 0 Å². The van der Waals surface area contributed by atoms with Gasteiger partial charge in [-0.3, -0.25) is 9.13 Å². The number of fused-ring (bicyclic) bond motifs is 1. The molecule has 2 heterocycles. The van der Waals surface area contributed by atoms with E-state index in [1.54, 1.807) is 9.13 Å². The van der Waals surface area contributed by atoms with E-state index < -0.39 is 0 Å². The van der Waals surface area contributed by atoms with Crippen LogP contribution in [-0.4, -0.2) is 19.1 Å². The summed E-state index contributed by atoms with van der Waals surface area (Å²) in [6.45, 7) is 0. The Hall–Kier alpha value is -5.55. The zero-order valence-corrected chi connectivity index (χ0v) is 23.4. The second kappa shape index (κ2) is 10.5. The topological polar surface area (TPSA) is 52.7 Å². The Kier molecular flexibility index (Phi) is 6.32. The van der Waals surface area contributed by atoms with E-state index in [0.29, 0.717) is 5.82 Å². The number of hydrogen-bond donors (Lipinski definition) is 0. The molecule has 0 amide bonds. The van der Waals surface area contributed by atoms with Crippen LogP contribution < -0.4 is 5.69 Å². The van der Waals surface area contributed by atoms with Gasteiger partial charge in [-0.2, -0.15) is 0 Å². The van der Waals surface area contributed by atoms with E-state index in [0.717, 1.165) is 61.4 Å². The molecule has 0 unspecified atom stereocenters. The van der Waals surface area contributed by atoms with Gasteiger partial charge in [-0.25, -0.2) is 14.8 Å². The Labute approximate surface area is 244 Å². The first-order valence-corrected chi connectivity index (χ1v) is 13.9. The summed E-state index contributed by atoms with van der Waals surface area (Å²) < 4.78 is 3.42. The van der Waals surface area contributed by atoms with Crippen molar-refractivity contribution in [3.05, 3.63) is 144 Å². The minimum Gasteiger partial charge on any atom is -0.295 e. The third-order valence-electron chi connectivity index (χ3n) is 7.78. The summed E-state index contributed by atoms with van der Waals surface area (Å²) in [6, 6.07) is 45.4. The molecule has 0 aliphatic heterocycles. The quantitative estimate of drug-likeness (QED) is 0.221. The molecule has 0 aliphatic rings. The molecule has 0 aliphatic carbocycles. The Balaban J connectivity index is 1.34. The summed E-state index contributed by atoms with van der Waals surface area (Å²) in [5.41, 5.74) is 10.9. The van der Waals surface area contributed by atoms with Crippen molar-refractivity contribution >= 4 is 11.0 Å². The third kappa shape index (κ3) is 4.51. The summed E-state index contributed by atoms with van der Waals surface area (Å²) in [4.78, 5) is 22.6. The molecule has 0 saturated heterocycles. The minimum absolute atomic E-state index is 0.0316. The van der Waals surface area contributed by atoms with Crippen molar-refractivity contribution in [3.63, 3.8) is 0 Å². The normalized spacial score (nSPS) is 11.2. The Morgan fingerprint density at radius 1 is 0.476 bits per heavy atom. The van der Waals surface area contributed by atoms with E-state index in [9.17, 15) is 4.79 Å². The van der Waals surface area contributed by atoms with Gasteiger partial charge in [0.25, 0.3) is 0 Å². The maximum absolute atomic E-state index is 12.7. The van der Waals surface area contributed by atoms with Gasteiger partial charge in [-0.15, -0.1) is 0 Å². The van der Waals surface area contributed by atoms with Crippen LogP contribution >= 0.6 is 0 Å². The molecule has 0 radical (unpaired) electrons. The first-order valence-electron chi connectivity index (χ1n) is 13.9. The fourth-order valence-corrected chi connectivity index (χ4v) is 5.60. The van der Waals surface area contributed by atoms with E-state index in [4.69, 9.17) is 9.97 Å². The largest absolute Gasteiger partial charge is 0.328 e. The molecule has 0 N–H and O–H groups in total. The minimum atomic E-state index is -0.0316. The molecule has 202 valence electrons. The average molecular weight is 545 g/mol.